The van der Waals surface area contributed by atoms with Gasteiger partial charge in [-0.2, -0.15) is 0 Å². The predicted molar refractivity (Wildman–Crippen MR) is 88.4 cm³/mol. The third-order valence-corrected chi connectivity index (χ3v) is 3.44. The van der Waals surface area contributed by atoms with Crippen LogP contribution < -0.4 is 10.6 Å². The second kappa shape index (κ2) is 6.99. The molecule has 0 spiro atoms. The van der Waals surface area contributed by atoms with Gasteiger partial charge in [0.2, 0.25) is 0 Å². The van der Waals surface area contributed by atoms with E-state index in [4.69, 9.17) is 5.73 Å². The van der Waals surface area contributed by atoms with Gasteiger partial charge in [-0.15, -0.1) is 0 Å². The lowest BCUT2D eigenvalue weighted by Crippen LogP contribution is -2.18. The Morgan fingerprint density at radius 1 is 0.900 bits per heavy atom. The van der Waals surface area contributed by atoms with Crippen molar-refractivity contribution in [3.05, 3.63) is 54.6 Å². The van der Waals surface area contributed by atoms with E-state index in [1.807, 2.05) is 12.1 Å². The van der Waals surface area contributed by atoms with Crippen molar-refractivity contribution in [2.45, 2.75) is 26.7 Å². The van der Waals surface area contributed by atoms with Gasteiger partial charge in [0.1, 0.15) is 0 Å². The molecule has 0 atom stereocenters. The lowest BCUT2D eigenvalue weighted by molar-refractivity contribution is 0.559. The van der Waals surface area contributed by atoms with Gasteiger partial charge in [-0.05, 0) is 55.2 Å². The molecule has 0 unspecified atom stereocenters. The monoisotopic (exact) mass is 268 g/mol. The summed E-state index contributed by atoms with van der Waals surface area (Å²) in [5.74, 6) is 0.749. The van der Waals surface area contributed by atoms with E-state index in [1.54, 1.807) is 0 Å². The Hall–Kier alpha value is -1.96. The van der Waals surface area contributed by atoms with Gasteiger partial charge in [-0.25, -0.2) is 0 Å². The Bertz CT molecular complexity index is 503. The highest BCUT2D eigenvalue weighted by atomic mass is 15.1. The molecule has 0 aliphatic heterocycles. The number of hydrogen-bond acceptors (Lipinski definition) is 2. The van der Waals surface area contributed by atoms with Gasteiger partial charge in [-0.3, -0.25) is 0 Å². The van der Waals surface area contributed by atoms with E-state index in [0.717, 1.165) is 18.2 Å². The van der Waals surface area contributed by atoms with E-state index in [2.05, 4.69) is 61.2 Å². The van der Waals surface area contributed by atoms with Crippen molar-refractivity contribution in [2.75, 3.05) is 17.2 Å². The van der Waals surface area contributed by atoms with Gasteiger partial charge in [0.25, 0.3) is 0 Å². The third kappa shape index (κ3) is 4.02. The van der Waals surface area contributed by atoms with Crippen LogP contribution in [0.3, 0.4) is 0 Å². The molecule has 0 saturated heterocycles. The molecule has 2 aromatic rings. The van der Waals surface area contributed by atoms with E-state index in [9.17, 15) is 0 Å². The molecule has 2 N–H and O–H groups in total. The van der Waals surface area contributed by atoms with Crippen molar-refractivity contribution >= 4 is 17.1 Å². The summed E-state index contributed by atoms with van der Waals surface area (Å²) < 4.78 is 0. The van der Waals surface area contributed by atoms with Crippen LogP contribution in [-0.2, 0) is 0 Å². The lowest BCUT2D eigenvalue weighted by Gasteiger charge is -2.25. The summed E-state index contributed by atoms with van der Waals surface area (Å²) in [4.78, 5) is 2.36. The van der Waals surface area contributed by atoms with Crippen LogP contribution in [0.1, 0.15) is 26.7 Å². The normalized spacial score (nSPS) is 10.8. The molecule has 2 rings (SSSR count). The van der Waals surface area contributed by atoms with Crippen LogP contribution in [0.5, 0.6) is 0 Å². The van der Waals surface area contributed by atoms with Crippen LogP contribution in [0.25, 0.3) is 0 Å². The van der Waals surface area contributed by atoms with Crippen molar-refractivity contribution in [1.29, 1.82) is 0 Å². The average molecular weight is 268 g/mol. The predicted octanol–water partition coefficient (Wildman–Crippen LogP) is 4.84. The number of anilines is 3. The molecular weight excluding hydrogens is 244 g/mol. The Morgan fingerprint density at radius 3 is 2.10 bits per heavy atom. The first-order valence-corrected chi connectivity index (χ1v) is 7.35. The third-order valence-electron chi connectivity index (χ3n) is 3.44. The molecule has 0 aliphatic rings. The molecule has 2 aromatic carbocycles. The highest BCUT2D eigenvalue weighted by Gasteiger charge is 2.09. The highest BCUT2D eigenvalue weighted by Crippen LogP contribution is 2.26. The summed E-state index contributed by atoms with van der Waals surface area (Å²) in [6.45, 7) is 5.58. The van der Waals surface area contributed by atoms with Crippen LogP contribution in [0.15, 0.2) is 54.6 Å². The smallest absolute Gasteiger partial charge is 0.0412 e. The van der Waals surface area contributed by atoms with Crippen molar-refractivity contribution in [2.24, 2.45) is 5.92 Å². The Labute approximate surface area is 122 Å². The first-order chi connectivity index (χ1) is 9.66. The molecule has 0 aromatic heterocycles. The van der Waals surface area contributed by atoms with Gasteiger partial charge >= 0.3 is 0 Å². The summed E-state index contributed by atoms with van der Waals surface area (Å²) in [5, 5.41) is 0. The topological polar surface area (TPSA) is 29.3 Å². The number of rotatable bonds is 6. The minimum absolute atomic E-state index is 0.749. The van der Waals surface area contributed by atoms with Crippen LogP contribution >= 0.6 is 0 Å². The zero-order valence-electron chi connectivity index (χ0n) is 12.4. The lowest BCUT2D eigenvalue weighted by atomic mass is 10.1. The van der Waals surface area contributed by atoms with E-state index in [1.165, 1.54) is 24.2 Å². The molecule has 0 amide bonds. The SMILES string of the molecule is CC(C)CCCN(c1ccccc1)c1ccc(N)cc1. The maximum atomic E-state index is 5.79. The quantitative estimate of drug-likeness (QED) is 0.759. The first-order valence-electron chi connectivity index (χ1n) is 7.35. The average Bonchev–Trinajstić information content (AvgIpc) is 2.46. The second-order valence-electron chi connectivity index (χ2n) is 5.61. The number of benzene rings is 2. The summed E-state index contributed by atoms with van der Waals surface area (Å²) in [5.41, 5.74) is 9.04. The van der Waals surface area contributed by atoms with Gasteiger partial charge in [-0.1, -0.05) is 32.0 Å². The minimum Gasteiger partial charge on any atom is -0.399 e. The van der Waals surface area contributed by atoms with Crippen molar-refractivity contribution in [3.63, 3.8) is 0 Å². The molecule has 106 valence electrons. The molecule has 0 bridgehead atoms. The number of hydrogen-bond donors (Lipinski definition) is 1. The fourth-order valence-electron chi connectivity index (χ4n) is 2.33. The molecule has 2 heteroatoms. The van der Waals surface area contributed by atoms with E-state index in [0.29, 0.717) is 0 Å². The summed E-state index contributed by atoms with van der Waals surface area (Å²) in [6.07, 6.45) is 2.44. The van der Waals surface area contributed by atoms with Crippen molar-refractivity contribution < 1.29 is 0 Å². The Morgan fingerprint density at radius 2 is 1.50 bits per heavy atom. The largest absolute Gasteiger partial charge is 0.399 e. The summed E-state index contributed by atoms with van der Waals surface area (Å²) >= 11 is 0. The Kier molecular flexibility index (Phi) is 5.05. The fourth-order valence-corrected chi connectivity index (χ4v) is 2.33. The zero-order valence-corrected chi connectivity index (χ0v) is 12.4. The van der Waals surface area contributed by atoms with Crippen LogP contribution in [-0.4, -0.2) is 6.54 Å². The van der Waals surface area contributed by atoms with E-state index < -0.39 is 0 Å². The molecule has 0 saturated carbocycles. The highest BCUT2D eigenvalue weighted by molar-refractivity contribution is 5.64. The van der Waals surface area contributed by atoms with Gasteiger partial charge in [0.15, 0.2) is 0 Å². The summed E-state index contributed by atoms with van der Waals surface area (Å²) in [7, 11) is 0. The molecular formula is C18H24N2. The fraction of sp³-hybridized carbons (Fsp3) is 0.333. The van der Waals surface area contributed by atoms with Crippen molar-refractivity contribution in [3.8, 4) is 0 Å². The molecule has 0 heterocycles. The van der Waals surface area contributed by atoms with Gasteiger partial charge in [0, 0.05) is 23.6 Å². The molecule has 0 fully saturated rings. The molecule has 0 aliphatic carbocycles. The Balaban J connectivity index is 2.18. The molecule has 20 heavy (non-hydrogen) atoms. The van der Waals surface area contributed by atoms with Gasteiger partial charge in [0.05, 0.1) is 0 Å². The molecule has 2 nitrogen and oxygen atoms in total. The van der Waals surface area contributed by atoms with E-state index >= 15 is 0 Å². The van der Waals surface area contributed by atoms with Gasteiger partial charge < -0.3 is 10.6 Å². The number of nitrogens with zero attached hydrogens (tertiary/aromatic N) is 1. The maximum absolute atomic E-state index is 5.79. The number of nitrogen functional groups attached to an aromatic ring is 1. The van der Waals surface area contributed by atoms with Crippen molar-refractivity contribution in [1.82, 2.24) is 0 Å². The van der Waals surface area contributed by atoms with Crippen LogP contribution in [0, 0.1) is 5.92 Å². The molecule has 0 radical (unpaired) electrons. The first kappa shape index (κ1) is 14.4. The summed E-state index contributed by atoms with van der Waals surface area (Å²) in [6, 6.07) is 18.7. The van der Waals surface area contributed by atoms with Crippen LogP contribution in [0.2, 0.25) is 0 Å². The second-order valence-corrected chi connectivity index (χ2v) is 5.61. The zero-order chi connectivity index (χ0) is 14.4. The minimum atomic E-state index is 0.749. The van der Waals surface area contributed by atoms with Crippen LogP contribution in [0.4, 0.5) is 17.1 Å². The number of nitrogens with two attached hydrogens (primary N) is 1. The number of para-hydroxylation sites is 1. The van der Waals surface area contributed by atoms with E-state index in [-0.39, 0.29) is 0 Å². The maximum Gasteiger partial charge on any atom is 0.0412 e. The standard InChI is InChI=1S/C18H24N2/c1-15(2)7-6-14-20(17-8-4-3-5-9-17)18-12-10-16(19)11-13-18/h3-5,8-13,15H,6-7,14,19H2,1-2H3.